The van der Waals surface area contributed by atoms with Gasteiger partial charge in [-0.15, -0.1) is 0 Å². The highest BCUT2D eigenvalue weighted by Gasteiger charge is 2.40. The summed E-state index contributed by atoms with van der Waals surface area (Å²) in [5, 5.41) is 7.21. The van der Waals surface area contributed by atoms with Crippen LogP contribution in [0.1, 0.15) is 46.4 Å². The van der Waals surface area contributed by atoms with Crippen molar-refractivity contribution in [3.8, 4) is 17.0 Å². The highest BCUT2D eigenvalue weighted by atomic mass is 16.5. The van der Waals surface area contributed by atoms with Crippen LogP contribution in [0.5, 0.6) is 5.75 Å². The average Bonchev–Trinajstić information content (AvgIpc) is 3.64. The summed E-state index contributed by atoms with van der Waals surface area (Å²) in [6.45, 7) is 0. The number of benzene rings is 3. The van der Waals surface area contributed by atoms with Crippen LogP contribution < -0.4 is 15.4 Å². The number of hydrogen-bond acceptors (Lipinski definition) is 3. The molecule has 1 heterocycles. The predicted molar refractivity (Wildman–Crippen MR) is 141 cm³/mol. The van der Waals surface area contributed by atoms with Crippen LogP contribution in [0.15, 0.2) is 72.8 Å². The Balaban J connectivity index is 1.14. The van der Waals surface area contributed by atoms with Crippen LogP contribution in [0.4, 0.5) is 5.69 Å². The number of aromatic amines is 1. The zero-order valence-corrected chi connectivity index (χ0v) is 20.2. The fourth-order valence-electron chi connectivity index (χ4n) is 5.78. The van der Waals surface area contributed by atoms with E-state index >= 15 is 0 Å². The van der Waals surface area contributed by atoms with Crippen molar-refractivity contribution in [3.05, 3.63) is 83.9 Å². The number of ether oxygens (including phenoxy) is 1. The molecule has 6 heteroatoms. The largest absolute Gasteiger partial charge is 0.497 e. The van der Waals surface area contributed by atoms with Gasteiger partial charge in [0.1, 0.15) is 5.75 Å². The molecule has 6 nitrogen and oxygen atoms in total. The molecule has 3 atom stereocenters. The zero-order valence-electron chi connectivity index (χ0n) is 20.2. The van der Waals surface area contributed by atoms with Gasteiger partial charge in [0.25, 0.3) is 11.8 Å². The number of H-pyrrole nitrogens is 1. The highest BCUT2D eigenvalue weighted by Crippen LogP contribution is 2.44. The molecule has 3 aromatic carbocycles. The van der Waals surface area contributed by atoms with E-state index in [2.05, 4.69) is 21.7 Å². The van der Waals surface area contributed by atoms with Crippen LogP contribution in [0, 0.1) is 11.8 Å². The molecule has 0 saturated heterocycles. The molecule has 2 saturated carbocycles. The Kier molecular flexibility index (Phi) is 5.72. The number of amides is 2. The van der Waals surface area contributed by atoms with Crippen LogP contribution in [-0.4, -0.2) is 29.9 Å². The molecule has 6 rings (SSSR count). The molecule has 1 aromatic heterocycles. The van der Waals surface area contributed by atoms with Gasteiger partial charge >= 0.3 is 0 Å². The lowest BCUT2D eigenvalue weighted by atomic mass is 9.95. The summed E-state index contributed by atoms with van der Waals surface area (Å²) in [6.07, 6.45) is 4.98. The van der Waals surface area contributed by atoms with Gasteiger partial charge in [-0.2, -0.15) is 0 Å². The van der Waals surface area contributed by atoms with E-state index in [1.165, 1.54) is 19.3 Å². The standard InChI is InChI=1S/C30H29N3O3/c1-36-25-11-6-20(7-12-25)29(34)31-24-9-4-19(5-10-24)28-17-23-16-22(8-13-26(23)32-28)30(35)33-27-15-18-2-3-21(27)14-18/h4-13,16-18,21,27,32H,2-3,14-15H2,1H3,(H,31,34)(H,33,35). The first-order valence-corrected chi connectivity index (χ1v) is 12.6. The lowest BCUT2D eigenvalue weighted by Gasteiger charge is -2.22. The summed E-state index contributed by atoms with van der Waals surface area (Å²) in [5.74, 6) is 2.02. The van der Waals surface area contributed by atoms with E-state index < -0.39 is 0 Å². The minimum Gasteiger partial charge on any atom is -0.497 e. The number of hydrogen-bond donors (Lipinski definition) is 3. The average molecular weight is 480 g/mol. The molecule has 0 spiro atoms. The van der Waals surface area contributed by atoms with Crippen LogP contribution in [0.25, 0.3) is 22.2 Å². The van der Waals surface area contributed by atoms with Crippen LogP contribution >= 0.6 is 0 Å². The molecule has 2 amide bonds. The van der Waals surface area contributed by atoms with Crippen molar-refractivity contribution in [2.75, 3.05) is 12.4 Å². The zero-order chi connectivity index (χ0) is 24.6. The number of nitrogens with one attached hydrogen (secondary N) is 3. The van der Waals surface area contributed by atoms with E-state index in [0.29, 0.717) is 28.8 Å². The van der Waals surface area contributed by atoms with Gasteiger partial charge in [-0.3, -0.25) is 9.59 Å². The van der Waals surface area contributed by atoms with E-state index in [1.54, 1.807) is 31.4 Å². The molecule has 3 N–H and O–H groups in total. The molecule has 2 fully saturated rings. The molecule has 0 radical (unpaired) electrons. The van der Waals surface area contributed by atoms with Crippen molar-refractivity contribution in [2.24, 2.45) is 11.8 Å². The van der Waals surface area contributed by atoms with Crippen molar-refractivity contribution < 1.29 is 14.3 Å². The molecule has 4 aromatic rings. The molecule has 2 aliphatic rings. The first-order valence-electron chi connectivity index (χ1n) is 12.6. The number of rotatable bonds is 6. The number of methoxy groups -OCH3 is 1. The molecule has 3 unspecified atom stereocenters. The maximum Gasteiger partial charge on any atom is 0.255 e. The Morgan fingerprint density at radius 1 is 0.861 bits per heavy atom. The number of carbonyl (C=O) groups is 2. The Labute approximate surface area is 210 Å². The van der Waals surface area contributed by atoms with E-state index in [1.807, 2.05) is 42.5 Å². The van der Waals surface area contributed by atoms with E-state index in [4.69, 9.17) is 4.74 Å². The van der Waals surface area contributed by atoms with Gasteiger partial charge in [-0.1, -0.05) is 18.6 Å². The Morgan fingerprint density at radius 3 is 2.33 bits per heavy atom. The van der Waals surface area contributed by atoms with Gasteiger partial charge in [-0.05, 0) is 97.3 Å². The lowest BCUT2D eigenvalue weighted by molar-refractivity contribution is 0.0922. The van der Waals surface area contributed by atoms with Gasteiger partial charge in [0.05, 0.1) is 7.11 Å². The molecule has 182 valence electrons. The van der Waals surface area contributed by atoms with Crippen LogP contribution in [0.3, 0.4) is 0 Å². The minimum atomic E-state index is -0.174. The maximum absolute atomic E-state index is 12.9. The van der Waals surface area contributed by atoms with Crippen molar-refractivity contribution in [1.82, 2.24) is 10.3 Å². The second-order valence-electron chi connectivity index (χ2n) is 10.00. The quantitative estimate of drug-likeness (QED) is 0.316. The third kappa shape index (κ3) is 4.35. The topological polar surface area (TPSA) is 83.2 Å². The van der Waals surface area contributed by atoms with Gasteiger partial charge in [0, 0.05) is 39.5 Å². The summed E-state index contributed by atoms with van der Waals surface area (Å²) < 4.78 is 5.14. The molecule has 2 bridgehead atoms. The van der Waals surface area contributed by atoms with Crippen molar-refractivity contribution >= 4 is 28.4 Å². The van der Waals surface area contributed by atoms with E-state index in [0.717, 1.165) is 40.2 Å². The minimum absolute atomic E-state index is 0.0224. The third-order valence-corrected chi connectivity index (χ3v) is 7.74. The van der Waals surface area contributed by atoms with Crippen LogP contribution in [-0.2, 0) is 0 Å². The Hall–Kier alpha value is -4.06. The van der Waals surface area contributed by atoms with Crippen LogP contribution in [0.2, 0.25) is 0 Å². The second kappa shape index (κ2) is 9.19. The van der Waals surface area contributed by atoms with E-state index in [-0.39, 0.29) is 11.8 Å². The Morgan fingerprint density at radius 2 is 1.64 bits per heavy atom. The third-order valence-electron chi connectivity index (χ3n) is 7.74. The van der Waals surface area contributed by atoms with E-state index in [9.17, 15) is 9.59 Å². The van der Waals surface area contributed by atoms with Gasteiger partial charge in [0.15, 0.2) is 0 Å². The molecular weight excluding hydrogens is 450 g/mol. The number of carbonyl (C=O) groups excluding carboxylic acids is 2. The summed E-state index contributed by atoms with van der Waals surface area (Å²) in [7, 11) is 1.60. The van der Waals surface area contributed by atoms with Gasteiger partial charge in [-0.25, -0.2) is 0 Å². The van der Waals surface area contributed by atoms with Crippen molar-refractivity contribution in [1.29, 1.82) is 0 Å². The summed E-state index contributed by atoms with van der Waals surface area (Å²) in [4.78, 5) is 28.9. The number of fused-ring (bicyclic) bond motifs is 3. The molecule has 36 heavy (non-hydrogen) atoms. The SMILES string of the molecule is COc1ccc(C(=O)Nc2ccc(-c3cc4cc(C(=O)NC5CC6CCC5C6)ccc4[nH]3)cc2)cc1. The maximum atomic E-state index is 12.9. The summed E-state index contributed by atoms with van der Waals surface area (Å²) in [5.41, 5.74) is 4.93. The normalized spacial score (nSPS) is 20.4. The number of aromatic nitrogens is 1. The second-order valence-corrected chi connectivity index (χ2v) is 10.00. The monoisotopic (exact) mass is 479 g/mol. The summed E-state index contributed by atoms with van der Waals surface area (Å²) >= 11 is 0. The Bertz CT molecular complexity index is 1420. The first-order chi connectivity index (χ1) is 17.6. The molecule has 0 aliphatic heterocycles. The smallest absolute Gasteiger partial charge is 0.255 e. The van der Waals surface area contributed by atoms with Crippen molar-refractivity contribution in [2.45, 2.75) is 31.7 Å². The highest BCUT2D eigenvalue weighted by molar-refractivity contribution is 6.04. The van der Waals surface area contributed by atoms with Gasteiger partial charge in [0.2, 0.25) is 0 Å². The fraction of sp³-hybridized carbons (Fsp3) is 0.267. The predicted octanol–water partition coefficient (Wildman–Crippen LogP) is 6.01. The number of anilines is 1. The van der Waals surface area contributed by atoms with Gasteiger partial charge < -0.3 is 20.4 Å². The molecule has 2 aliphatic carbocycles. The fourth-order valence-corrected chi connectivity index (χ4v) is 5.78. The summed E-state index contributed by atoms with van der Waals surface area (Å²) in [6, 6.07) is 22.9. The van der Waals surface area contributed by atoms with Crippen molar-refractivity contribution in [3.63, 3.8) is 0 Å². The lowest BCUT2D eigenvalue weighted by Crippen LogP contribution is -2.38. The first kappa shape index (κ1) is 22.4. The molecular formula is C30H29N3O3.